The molecule has 2 unspecified atom stereocenters. The number of likely N-dealkylation sites (tertiary alicyclic amines) is 1. The third kappa shape index (κ3) is 2.65. The molecule has 2 atom stereocenters. The van der Waals surface area contributed by atoms with Gasteiger partial charge < -0.3 is 4.90 Å². The largest absolute Gasteiger partial charge is 0.337 e. The Bertz CT molecular complexity index is 495. The van der Waals surface area contributed by atoms with Crippen molar-refractivity contribution >= 4 is 17.5 Å². The van der Waals surface area contributed by atoms with Gasteiger partial charge in [-0.15, -0.1) is 11.6 Å². The molecule has 18 heavy (non-hydrogen) atoms. The topological polar surface area (TPSA) is 44.1 Å². The van der Waals surface area contributed by atoms with Crippen LogP contribution in [0.5, 0.6) is 0 Å². The number of rotatable bonds is 1. The number of hydrogen-bond donors (Lipinski definition) is 0. The minimum absolute atomic E-state index is 0.0156. The quantitative estimate of drug-likeness (QED) is 0.731. The van der Waals surface area contributed by atoms with Crippen molar-refractivity contribution in [3.8, 4) is 6.07 Å². The van der Waals surface area contributed by atoms with E-state index < -0.39 is 0 Å². The second-order valence-corrected chi connectivity index (χ2v) is 5.29. The van der Waals surface area contributed by atoms with Crippen molar-refractivity contribution in [2.75, 3.05) is 13.1 Å². The maximum atomic E-state index is 12.3. The zero-order valence-corrected chi connectivity index (χ0v) is 11.0. The van der Waals surface area contributed by atoms with Gasteiger partial charge in [0, 0.05) is 18.7 Å². The van der Waals surface area contributed by atoms with Crippen molar-refractivity contribution in [2.45, 2.75) is 18.7 Å². The zero-order valence-electron chi connectivity index (χ0n) is 10.3. The number of carbonyl (C=O) groups is 1. The summed E-state index contributed by atoms with van der Waals surface area (Å²) in [7, 11) is 0. The number of halogens is 1. The molecule has 1 heterocycles. The summed E-state index contributed by atoms with van der Waals surface area (Å²) in [5.74, 6) is 0.408. The fourth-order valence-electron chi connectivity index (χ4n) is 2.11. The number of alkyl halides is 1. The molecule has 1 aromatic carbocycles. The minimum Gasteiger partial charge on any atom is -0.337 e. The zero-order chi connectivity index (χ0) is 13.1. The maximum absolute atomic E-state index is 12.3. The van der Waals surface area contributed by atoms with Crippen LogP contribution in [-0.4, -0.2) is 29.3 Å². The molecule has 0 radical (unpaired) electrons. The first kappa shape index (κ1) is 12.9. The number of benzene rings is 1. The van der Waals surface area contributed by atoms with E-state index in [-0.39, 0.29) is 11.3 Å². The van der Waals surface area contributed by atoms with Crippen LogP contribution in [0.15, 0.2) is 24.3 Å². The Morgan fingerprint density at radius 2 is 2.33 bits per heavy atom. The van der Waals surface area contributed by atoms with E-state index >= 15 is 0 Å². The van der Waals surface area contributed by atoms with Gasteiger partial charge >= 0.3 is 0 Å². The standard InChI is InChI=1S/C14H15ClN2O/c1-10-5-6-17(9-13(10)15)14(18)12-4-2-3-11(7-12)8-16/h2-4,7,10,13H,5-6,9H2,1H3. The van der Waals surface area contributed by atoms with Gasteiger partial charge in [-0.2, -0.15) is 5.26 Å². The van der Waals surface area contributed by atoms with Crippen LogP contribution in [0.1, 0.15) is 29.3 Å². The summed E-state index contributed by atoms with van der Waals surface area (Å²) in [6.07, 6.45) is 0.928. The van der Waals surface area contributed by atoms with Gasteiger partial charge in [-0.1, -0.05) is 13.0 Å². The molecule has 1 amide bonds. The minimum atomic E-state index is -0.0374. The normalized spacial score (nSPS) is 23.5. The van der Waals surface area contributed by atoms with Crippen molar-refractivity contribution in [3.63, 3.8) is 0 Å². The summed E-state index contributed by atoms with van der Waals surface area (Å²) in [6, 6.07) is 8.84. The van der Waals surface area contributed by atoms with Gasteiger partial charge in [0.2, 0.25) is 0 Å². The molecular weight excluding hydrogens is 248 g/mol. The lowest BCUT2D eigenvalue weighted by molar-refractivity contribution is 0.0701. The van der Waals surface area contributed by atoms with Crippen LogP contribution < -0.4 is 0 Å². The van der Waals surface area contributed by atoms with Crippen molar-refractivity contribution in [3.05, 3.63) is 35.4 Å². The van der Waals surface area contributed by atoms with E-state index in [0.717, 1.165) is 13.0 Å². The van der Waals surface area contributed by atoms with Crippen LogP contribution in [0.2, 0.25) is 0 Å². The van der Waals surface area contributed by atoms with Crippen molar-refractivity contribution in [1.82, 2.24) is 4.90 Å². The smallest absolute Gasteiger partial charge is 0.253 e. The molecule has 1 fully saturated rings. The molecule has 1 aromatic rings. The molecular formula is C14H15ClN2O. The van der Waals surface area contributed by atoms with E-state index in [1.54, 1.807) is 29.2 Å². The number of amides is 1. The van der Waals surface area contributed by atoms with E-state index in [1.807, 2.05) is 6.07 Å². The maximum Gasteiger partial charge on any atom is 0.253 e. The highest BCUT2D eigenvalue weighted by Gasteiger charge is 2.27. The van der Waals surface area contributed by atoms with Crippen molar-refractivity contribution in [1.29, 1.82) is 5.26 Å². The lowest BCUT2D eigenvalue weighted by Gasteiger charge is -2.34. The van der Waals surface area contributed by atoms with E-state index in [4.69, 9.17) is 16.9 Å². The molecule has 0 N–H and O–H groups in total. The highest BCUT2D eigenvalue weighted by molar-refractivity contribution is 6.21. The Morgan fingerprint density at radius 3 is 3.00 bits per heavy atom. The molecule has 2 rings (SSSR count). The van der Waals surface area contributed by atoms with E-state index in [0.29, 0.717) is 23.6 Å². The Labute approximate surface area is 112 Å². The van der Waals surface area contributed by atoms with Gasteiger partial charge in [-0.25, -0.2) is 0 Å². The SMILES string of the molecule is CC1CCN(C(=O)c2cccc(C#N)c2)CC1Cl. The summed E-state index contributed by atoms with van der Waals surface area (Å²) in [4.78, 5) is 14.0. The van der Waals surface area contributed by atoms with Crippen LogP contribution in [-0.2, 0) is 0 Å². The summed E-state index contributed by atoms with van der Waals surface area (Å²) < 4.78 is 0. The predicted molar refractivity (Wildman–Crippen MR) is 70.5 cm³/mol. The molecule has 1 aliphatic heterocycles. The third-order valence-corrected chi connectivity index (χ3v) is 3.96. The fourth-order valence-corrected chi connectivity index (χ4v) is 2.40. The first-order valence-electron chi connectivity index (χ1n) is 6.05. The van der Waals surface area contributed by atoms with Gasteiger partial charge in [-0.05, 0) is 30.5 Å². The molecule has 4 heteroatoms. The van der Waals surface area contributed by atoms with Gasteiger partial charge in [-0.3, -0.25) is 4.79 Å². The van der Waals surface area contributed by atoms with Crippen LogP contribution in [0.3, 0.4) is 0 Å². The molecule has 3 nitrogen and oxygen atoms in total. The Balaban J connectivity index is 2.14. The number of nitrogens with zero attached hydrogens (tertiary/aromatic N) is 2. The number of nitriles is 1. The molecule has 1 aliphatic rings. The van der Waals surface area contributed by atoms with Crippen LogP contribution in [0.4, 0.5) is 0 Å². The van der Waals surface area contributed by atoms with Gasteiger partial charge in [0.1, 0.15) is 0 Å². The highest BCUT2D eigenvalue weighted by Crippen LogP contribution is 2.23. The van der Waals surface area contributed by atoms with Gasteiger partial charge in [0.15, 0.2) is 0 Å². The first-order chi connectivity index (χ1) is 8.61. The lowest BCUT2D eigenvalue weighted by atomic mass is 9.98. The molecule has 0 aliphatic carbocycles. The summed E-state index contributed by atoms with van der Waals surface area (Å²) in [5.41, 5.74) is 1.07. The average Bonchev–Trinajstić information content (AvgIpc) is 2.41. The monoisotopic (exact) mass is 262 g/mol. The highest BCUT2D eigenvalue weighted by atomic mass is 35.5. The second kappa shape index (κ2) is 5.41. The summed E-state index contributed by atoms with van der Waals surface area (Å²) in [5, 5.41) is 8.85. The van der Waals surface area contributed by atoms with Gasteiger partial charge in [0.05, 0.1) is 17.0 Å². The Kier molecular flexibility index (Phi) is 3.88. The average molecular weight is 263 g/mol. The third-order valence-electron chi connectivity index (χ3n) is 3.39. The predicted octanol–water partition coefficient (Wildman–Crippen LogP) is 2.65. The van der Waals surface area contributed by atoms with Crippen LogP contribution in [0.25, 0.3) is 0 Å². The molecule has 94 valence electrons. The van der Waals surface area contributed by atoms with Crippen LogP contribution in [0, 0.1) is 17.2 Å². The molecule has 0 bridgehead atoms. The molecule has 0 spiro atoms. The van der Waals surface area contributed by atoms with E-state index in [1.165, 1.54) is 0 Å². The van der Waals surface area contributed by atoms with Crippen LogP contribution >= 0.6 is 11.6 Å². The first-order valence-corrected chi connectivity index (χ1v) is 6.49. The number of carbonyl (C=O) groups excluding carboxylic acids is 1. The summed E-state index contributed by atoms with van der Waals surface area (Å²) >= 11 is 6.21. The molecule has 0 aromatic heterocycles. The lowest BCUT2D eigenvalue weighted by Crippen LogP contribution is -2.43. The van der Waals surface area contributed by atoms with Crippen molar-refractivity contribution < 1.29 is 4.79 Å². The molecule has 0 saturated carbocycles. The Morgan fingerprint density at radius 1 is 1.56 bits per heavy atom. The summed E-state index contributed by atoms with van der Waals surface area (Å²) in [6.45, 7) is 3.42. The number of hydrogen-bond acceptors (Lipinski definition) is 2. The van der Waals surface area contributed by atoms with Crippen molar-refractivity contribution in [2.24, 2.45) is 5.92 Å². The fraction of sp³-hybridized carbons (Fsp3) is 0.429. The Hall–Kier alpha value is -1.53. The van der Waals surface area contributed by atoms with Gasteiger partial charge in [0.25, 0.3) is 5.91 Å². The van der Waals surface area contributed by atoms with E-state index in [2.05, 4.69) is 6.92 Å². The van der Waals surface area contributed by atoms with E-state index in [9.17, 15) is 4.79 Å². The second-order valence-electron chi connectivity index (χ2n) is 4.73. The molecule has 1 saturated heterocycles. The number of piperidine rings is 1.